The molecule has 2 aromatic rings. The highest BCUT2D eigenvalue weighted by atomic mass is 79.9. The molecule has 0 heterocycles. The highest BCUT2D eigenvalue weighted by Gasteiger charge is 2.21. The molecule has 150 valence electrons. The highest BCUT2D eigenvalue weighted by Crippen LogP contribution is 2.25. The first-order valence-electron chi connectivity index (χ1n) is 9.11. The zero-order valence-corrected chi connectivity index (χ0v) is 18.0. The van der Waals surface area contributed by atoms with Crippen molar-refractivity contribution in [1.29, 1.82) is 0 Å². The van der Waals surface area contributed by atoms with Gasteiger partial charge in [0.2, 0.25) is 15.9 Å². The van der Waals surface area contributed by atoms with E-state index in [2.05, 4.69) is 21.2 Å². The molecule has 1 fully saturated rings. The van der Waals surface area contributed by atoms with Crippen LogP contribution in [0.5, 0.6) is 5.75 Å². The average molecular weight is 467 g/mol. The fraction of sp³-hybridized carbons (Fsp3) is 0.350. The van der Waals surface area contributed by atoms with Crippen LogP contribution in [0.4, 0.5) is 11.4 Å². The summed E-state index contributed by atoms with van der Waals surface area (Å²) in [5.41, 5.74) is 1.01. The Morgan fingerprint density at radius 2 is 1.86 bits per heavy atom. The standard InChI is InChI=1S/C20H23BrN2O4S/c1-28(25,26)23(17-6-4-5-15(21)13-17)14-20(24)22-16-9-11-19(12-10-16)27-18-7-2-3-8-18/h4-6,9-13,18H,2-3,7-8,14H2,1H3,(H,22,24). The van der Waals surface area contributed by atoms with Gasteiger partial charge in [-0.3, -0.25) is 9.10 Å². The van der Waals surface area contributed by atoms with Gasteiger partial charge in [-0.1, -0.05) is 22.0 Å². The van der Waals surface area contributed by atoms with Gasteiger partial charge in [-0.2, -0.15) is 0 Å². The SMILES string of the molecule is CS(=O)(=O)N(CC(=O)Nc1ccc(OC2CCCC2)cc1)c1cccc(Br)c1. The maximum Gasteiger partial charge on any atom is 0.245 e. The molecule has 1 aliphatic carbocycles. The minimum atomic E-state index is -3.61. The van der Waals surface area contributed by atoms with Crippen molar-refractivity contribution in [3.63, 3.8) is 0 Å². The van der Waals surface area contributed by atoms with Crippen LogP contribution in [-0.4, -0.2) is 33.2 Å². The number of anilines is 2. The van der Waals surface area contributed by atoms with E-state index < -0.39 is 15.9 Å². The molecular formula is C20H23BrN2O4S. The summed E-state index contributed by atoms with van der Waals surface area (Å²) in [6.07, 6.45) is 5.91. The Bertz CT molecular complexity index is 925. The molecule has 2 aromatic carbocycles. The number of carbonyl (C=O) groups is 1. The van der Waals surface area contributed by atoms with Crippen molar-refractivity contribution in [3.05, 3.63) is 53.0 Å². The van der Waals surface area contributed by atoms with Gasteiger partial charge in [-0.05, 0) is 68.1 Å². The summed E-state index contributed by atoms with van der Waals surface area (Å²) in [5, 5.41) is 2.74. The molecule has 0 spiro atoms. The van der Waals surface area contributed by atoms with Crippen LogP contribution >= 0.6 is 15.9 Å². The lowest BCUT2D eigenvalue weighted by atomic mass is 10.2. The summed E-state index contributed by atoms with van der Waals surface area (Å²) in [6, 6.07) is 14.0. The molecule has 0 saturated heterocycles. The maximum absolute atomic E-state index is 12.4. The third kappa shape index (κ3) is 5.72. The number of nitrogens with zero attached hydrogens (tertiary/aromatic N) is 1. The Morgan fingerprint density at radius 1 is 1.18 bits per heavy atom. The van der Waals surface area contributed by atoms with Gasteiger partial charge in [-0.15, -0.1) is 0 Å². The van der Waals surface area contributed by atoms with Crippen LogP contribution in [0.3, 0.4) is 0 Å². The van der Waals surface area contributed by atoms with Crippen LogP contribution < -0.4 is 14.4 Å². The van der Waals surface area contributed by atoms with Gasteiger partial charge in [0.05, 0.1) is 18.0 Å². The lowest BCUT2D eigenvalue weighted by Gasteiger charge is -2.22. The van der Waals surface area contributed by atoms with Crippen molar-refractivity contribution >= 4 is 43.2 Å². The van der Waals surface area contributed by atoms with E-state index in [1.807, 2.05) is 12.1 Å². The molecule has 0 aliphatic heterocycles. The zero-order valence-electron chi connectivity index (χ0n) is 15.6. The predicted molar refractivity (Wildman–Crippen MR) is 114 cm³/mol. The Hall–Kier alpha value is -2.06. The number of carbonyl (C=O) groups excluding carboxylic acids is 1. The van der Waals surface area contributed by atoms with Gasteiger partial charge in [0.15, 0.2) is 0 Å². The van der Waals surface area contributed by atoms with E-state index in [0.29, 0.717) is 11.4 Å². The van der Waals surface area contributed by atoms with Crippen molar-refractivity contribution in [2.75, 3.05) is 22.4 Å². The van der Waals surface area contributed by atoms with Crippen LogP contribution in [0.15, 0.2) is 53.0 Å². The third-order valence-electron chi connectivity index (χ3n) is 4.53. The van der Waals surface area contributed by atoms with Gasteiger partial charge >= 0.3 is 0 Å². The molecule has 6 nitrogen and oxygen atoms in total. The second-order valence-electron chi connectivity index (χ2n) is 6.85. The minimum absolute atomic E-state index is 0.272. The summed E-state index contributed by atoms with van der Waals surface area (Å²) in [4.78, 5) is 12.4. The van der Waals surface area contributed by atoms with Crippen molar-refractivity contribution in [2.45, 2.75) is 31.8 Å². The van der Waals surface area contributed by atoms with Crippen molar-refractivity contribution in [2.24, 2.45) is 0 Å². The Labute approximate surface area is 174 Å². The highest BCUT2D eigenvalue weighted by molar-refractivity contribution is 9.10. The minimum Gasteiger partial charge on any atom is -0.490 e. The van der Waals surface area contributed by atoms with E-state index in [1.165, 1.54) is 12.8 Å². The van der Waals surface area contributed by atoms with E-state index in [9.17, 15) is 13.2 Å². The average Bonchev–Trinajstić information content (AvgIpc) is 3.13. The first-order chi connectivity index (χ1) is 13.3. The van der Waals surface area contributed by atoms with Gasteiger partial charge in [0.25, 0.3) is 0 Å². The second-order valence-corrected chi connectivity index (χ2v) is 9.67. The third-order valence-corrected chi connectivity index (χ3v) is 6.16. The van der Waals surface area contributed by atoms with E-state index in [-0.39, 0.29) is 12.6 Å². The molecule has 3 rings (SSSR count). The van der Waals surface area contributed by atoms with Crippen LogP contribution in [0.1, 0.15) is 25.7 Å². The summed E-state index contributed by atoms with van der Waals surface area (Å²) in [6.45, 7) is -0.310. The molecule has 0 atom stereocenters. The fourth-order valence-electron chi connectivity index (χ4n) is 3.18. The Morgan fingerprint density at radius 3 is 2.46 bits per heavy atom. The number of ether oxygens (including phenoxy) is 1. The number of sulfonamides is 1. The monoisotopic (exact) mass is 466 g/mol. The number of benzene rings is 2. The quantitative estimate of drug-likeness (QED) is 0.663. The number of nitrogens with one attached hydrogen (secondary N) is 1. The number of halogens is 1. The maximum atomic E-state index is 12.4. The van der Waals surface area contributed by atoms with Crippen molar-refractivity contribution in [3.8, 4) is 5.75 Å². The number of hydrogen-bond donors (Lipinski definition) is 1. The van der Waals surface area contributed by atoms with Crippen molar-refractivity contribution in [1.82, 2.24) is 0 Å². The molecule has 1 N–H and O–H groups in total. The van der Waals surface area contributed by atoms with Crippen LogP contribution in [0.25, 0.3) is 0 Å². The Kier molecular flexibility index (Phi) is 6.61. The Balaban J connectivity index is 1.64. The van der Waals surface area contributed by atoms with Gasteiger partial charge in [0.1, 0.15) is 12.3 Å². The molecule has 1 aliphatic rings. The van der Waals surface area contributed by atoms with Gasteiger partial charge < -0.3 is 10.1 Å². The van der Waals surface area contributed by atoms with E-state index in [0.717, 1.165) is 33.6 Å². The molecule has 0 unspecified atom stereocenters. The molecule has 0 radical (unpaired) electrons. The van der Waals surface area contributed by atoms with E-state index in [1.54, 1.807) is 36.4 Å². The van der Waals surface area contributed by atoms with Gasteiger partial charge in [0, 0.05) is 10.2 Å². The molecule has 28 heavy (non-hydrogen) atoms. The predicted octanol–water partition coefficient (Wildman–Crippen LogP) is 4.18. The van der Waals surface area contributed by atoms with Crippen LogP contribution in [-0.2, 0) is 14.8 Å². The summed E-state index contributed by atoms with van der Waals surface area (Å²) >= 11 is 3.32. The number of hydrogen-bond acceptors (Lipinski definition) is 4. The molecular weight excluding hydrogens is 444 g/mol. The van der Waals surface area contributed by atoms with Crippen LogP contribution in [0.2, 0.25) is 0 Å². The lowest BCUT2D eigenvalue weighted by molar-refractivity contribution is -0.114. The van der Waals surface area contributed by atoms with Crippen LogP contribution in [0, 0.1) is 0 Å². The topological polar surface area (TPSA) is 75.7 Å². The summed E-state index contributed by atoms with van der Waals surface area (Å²) in [5.74, 6) is 0.353. The molecule has 8 heteroatoms. The molecule has 0 bridgehead atoms. The van der Waals surface area contributed by atoms with Crippen molar-refractivity contribution < 1.29 is 17.9 Å². The first-order valence-corrected chi connectivity index (χ1v) is 11.8. The fourth-order valence-corrected chi connectivity index (χ4v) is 4.41. The zero-order chi connectivity index (χ0) is 20.1. The number of rotatable bonds is 7. The summed E-state index contributed by atoms with van der Waals surface area (Å²) in [7, 11) is -3.61. The molecule has 0 aromatic heterocycles. The lowest BCUT2D eigenvalue weighted by Crippen LogP contribution is -2.37. The van der Waals surface area contributed by atoms with E-state index in [4.69, 9.17) is 4.74 Å². The van der Waals surface area contributed by atoms with Gasteiger partial charge in [-0.25, -0.2) is 8.42 Å². The number of amides is 1. The smallest absolute Gasteiger partial charge is 0.245 e. The second kappa shape index (κ2) is 8.96. The molecule has 1 amide bonds. The largest absolute Gasteiger partial charge is 0.490 e. The van der Waals surface area contributed by atoms with E-state index >= 15 is 0 Å². The normalized spacial score (nSPS) is 14.6. The summed E-state index contributed by atoms with van der Waals surface area (Å²) < 4.78 is 32.0. The molecule has 1 saturated carbocycles. The first kappa shape index (κ1) is 20.7.